The van der Waals surface area contributed by atoms with Gasteiger partial charge in [0.15, 0.2) is 0 Å². The van der Waals surface area contributed by atoms with Crippen molar-refractivity contribution in [3.63, 3.8) is 0 Å². The van der Waals surface area contributed by atoms with E-state index in [1.165, 1.54) is 24.5 Å². The van der Waals surface area contributed by atoms with Crippen LogP contribution in [-0.4, -0.2) is 22.1 Å². The van der Waals surface area contributed by atoms with Crippen LogP contribution in [0.1, 0.15) is 20.7 Å². The van der Waals surface area contributed by atoms with Crippen molar-refractivity contribution in [1.29, 1.82) is 0 Å². The molecule has 6 nitrogen and oxygen atoms in total. The zero-order valence-corrected chi connectivity index (χ0v) is 10.1. The van der Waals surface area contributed by atoms with Crippen LogP contribution in [0.15, 0.2) is 34.9 Å². The Bertz CT molecular complexity index is 649. The molecule has 0 bridgehead atoms. The van der Waals surface area contributed by atoms with Crippen molar-refractivity contribution in [2.75, 3.05) is 5.32 Å². The number of carboxylic acid groups (broad SMARTS) is 1. The maximum atomic E-state index is 11.8. The minimum absolute atomic E-state index is 0.0520. The van der Waals surface area contributed by atoms with Gasteiger partial charge < -0.3 is 19.9 Å². The highest BCUT2D eigenvalue weighted by molar-refractivity contribution is 6.32. The summed E-state index contributed by atoms with van der Waals surface area (Å²) in [4.78, 5) is 22.5. The van der Waals surface area contributed by atoms with Crippen LogP contribution in [0.25, 0.3) is 0 Å². The number of furan rings is 1. The number of hydrogen-bond donors (Lipinski definition) is 3. The summed E-state index contributed by atoms with van der Waals surface area (Å²) in [5.41, 5.74) is 0.132. The average Bonchev–Trinajstić information content (AvgIpc) is 2.75. The summed E-state index contributed by atoms with van der Waals surface area (Å²) in [7, 11) is 0. The largest absolute Gasteiger partial charge is 0.507 e. The molecule has 2 aromatic rings. The molecule has 0 saturated carbocycles. The van der Waals surface area contributed by atoms with Crippen molar-refractivity contribution >= 4 is 29.2 Å². The number of anilines is 1. The minimum Gasteiger partial charge on any atom is -0.507 e. The normalized spacial score (nSPS) is 10.2. The molecule has 1 amide bonds. The lowest BCUT2D eigenvalue weighted by Crippen LogP contribution is -2.11. The van der Waals surface area contributed by atoms with Crippen molar-refractivity contribution in [3.05, 3.63) is 46.9 Å². The smallest absolute Gasteiger partial charge is 0.339 e. The predicted molar refractivity (Wildman–Crippen MR) is 66.7 cm³/mol. The van der Waals surface area contributed by atoms with Crippen LogP contribution in [0.2, 0.25) is 5.22 Å². The molecule has 0 spiro atoms. The maximum Gasteiger partial charge on any atom is 0.339 e. The van der Waals surface area contributed by atoms with Crippen LogP contribution in [0.4, 0.5) is 5.69 Å². The monoisotopic (exact) mass is 281 g/mol. The average molecular weight is 282 g/mol. The fraction of sp³-hybridized carbons (Fsp3) is 0. The molecule has 7 heteroatoms. The van der Waals surface area contributed by atoms with E-state index in [1.54, 1.807) is 0 Å². The molecule has 0 saturated heterocycles. The Morgan fingerprint density at radius 1 is 1.21 bits per heavy atom. The molecule has 1 aromatic heterocycles. The lowest BCUT2D eigenvalue weighted by Gasteiger charge is -2.06. The van der Waals surface area contributed by atoms with Crippen molar-refractivity contribution in [3.8, 4) is 5.75 Å². The van der Waals surface area contributed by atoms with E-state index in [0.717, 1.165) is 6.07 Å². The standard InChI is InChI=1S/C12H8ClNO5/c13-10-8(3-4-19-10)11(16)14-6-1-2-7(12(17)18)9(15)5-6/h1-5,15H,(H,14,16)(H,17,18). The van der Waals surface area contributed by atoms with Gasteiger partial charge in [-0.3, -0.25) is 4.79 Å². The molecule has 3 N–H and O–H groups in total. The lowest BCUT2D eigenvalue weighted by atomic mass is 10.2. The van der Waals surface area contributed by atoms with E-state index in [1.807, 2.05) is 0 Å². The molecule has 1 heterocycles. The van der Waals surface area contributed by atoms with E-state index in [2.05, 4.69) is 5.32 Å². The van der Waals surface area contributed by atoms with Gasteiger partial charge >= 0.3 is 5.97 Å². The third-order valence-electron chi connectivity index (χ3n) is 2.35. The Morgan fingerprint density at radius 2 is 1.95 bits per heavy atom. The van der Waals surface area contributed by atoms with Crippen molar-refractivity contribution in [2.45, 2.75) is 0 Å². The summed E-state index contributed by atoms with van der Waals surface area (Å²) in [5.74, 6) is -2.22. The summed E-state index contributed by atoms with van der Waals surface area (Å²) < 4.78 is 4.78. The van der Waals surface area contributed by atoms with Gasteiger partial charge in [-0.25, -0.2) is 4.79 Å². The number of benzene rings is 1. The van der Waals surface area contributed by atoms with Crippen LogP contribution < -0.4 is 5.32 Å². The fourth-order valence-corrected chi connectivity index (χ4v) is 1.64. The van der Waals surface area contributed by atoms with Crippen LogP contribution in [0.5, 0.6) is 5.75 Å². The number of nitrogens with one attached hydrogen (secondary N) is 1. The molecule has 2 rings (SSSR count). The molecule has 0 aliphatic rings. The predicted octanol–water partition coefficient (Wildman–Crippen LogP) is 2.59. The van der Waals surface area contributed by atoms with Gasteiger partial charge in [0.2, 0.25) is 5.22 Å². The number of aromatic hydroxyl groups is 1. The van der Waals surface area contributed by atoms with Crippen LogP contribution >= 0.6 is 11.6 Å². The Labute approximate surface area is 112 Å². The second-order valence-electron chi connectivity index (χ2n) is 3.60. The first-order chi connectivity index (χ1) is 8.99. The van der Waals surface area contributed by atoms with E-state index in [9.17, 15) is 14.7 Å². The van der Waals surface area contributed by atoms with Gasteiger partial charge in [-0.05, 0) is 29.8 Å². The zero-order chi connectivity index (χ0) is 14.0. The van der Waals surface area contributed by atoms with Crippen LogP contribution in [-0.2, 0) is 0 Å². The number of carbonyl (C=O) groups is 2. The highest BCUT2D eigenvalue weighted by atomic mass is 35.5. The molecular formula is C12H8ClNO5. The molecule has 98 valence electrons. The summed E-state index contributed by atoms with van der Waals surface area (Å²) in [6, 6.07) is 5.07. The van der Waals surface area contributed by atoms with E-state index < -0.39 is 17.6 Å². The van der Waals surface area contributed by atoms with Gasteiger partial charge in [0.05, 0.1) is 11.8 Å². The second kappa shape index (κ2) is 5.03. The lowest BCUT2D eigenvalue weighted by molar-refractivity contribution is 0.0693. The summed E-state index contributed by atoms with van der Waals surface area (Å²) in [5, 5.41) is 20.6. The minimum atomic E-state index is -1.26. The van der Waals surface area contributed by atoms with Crippen LogP contribution in [0, 0.1) is 0 Å². The van der Waals surface area contributed by atoms with Crippen molar-refractivity contribution < 1.29 is 24.2 Å². The van der Waals surface area contributed by atoms with E-state index in [4.69, 9.17) is 21.1 Å². The number of carboxylic acids is 1. The quantitative estimate of drug-likeness (QED) is 0.803. The molecule has 0 aliphatic heterocycles. The molecule has 0 atom stereocenters. The van der Waals surface area contributed by atoms with Gasteiger partial charge in [-0.15, -0.1) is 0 Å². The van der Waals surface area contributed by atoms with Gasteiger partial charge in [-0.1, -0.05) is 0 Å². The number of carbonyl (C=O) groups excluding carboxylic acids is 1. The topological polar surface area (TPSA) is 99.8 Å². The maximum absolute atomic E-state index is 11.8. The number of aromatic carboxylic acids is 1. The Morgan fingerprint density at radius 3 is 2.47 bits per heavy atom. The molecule has 0 unspecified atom stereocenters. The molecule has 0 radical (unpaired) electrons. The molecule has 0 fully saturated rings. The summed E-state index contributed by atoms with van der Waals surface area (Å²) >= 11 is 5.64. The van der Waals surface area contributed by atoms with Gasteiger partial charge in [-0.2, -0.15) is 0 Å². The summed E-state index contributed by atoms with van der Waals surface area (Å²) in [6.07, 6.45) is 1.27. The first-order valence-electron chi connectivity index (χ1n) is 5.09. The highest BCUT2D eigenvalue weighted by Gasteiger charge is 2.15. The first kappa shape index (κ1) is 13.0. The number of amides is 1. The zero-order valence-electron chi connectivity index (χ0n) is 9.38. The van der Waals surface area contributed by atoms with Crippen LogP contribution in [0.3, 0.4) is 0 Å². The van der Waals surface area contributed by atoms with Crippen molar-refractivity contribution in [1.82, 2.24) is 0 Å². The van der Waals surface area contributed by atoms with Gasteiger partial charge in [0, 0.05) is 11.8 Å². The SMILES string of the molecule is O=C(O)c1ccc(NC(=O)c2ccoc2Cl)cc1O. The third-order valence-corrected chi connectivity index (χ3v) is 2.64. The molecule has 19 heavy (non-hydrogen) atoms. The Balaban J connectivity index is 2.21. The Kier molecular flexibility index (Phi) is 3.43. The van der Waals surface area contributed by atoms with E-state index >= 15 is 0 Å². The van der Waals surface area contributed by atoms with Crippen molar-refractivity contribution in [2.24, 2.45) is 0 Å². The highest BCUT2D eigenvalue weighted by Crippen LogP contribution is 2.23. The number of rotatable bonds is 3. The van der Waals surface area contributed by atoms with Gasteiger partial charge in [0.25, 0.3) is 5.91 Å². The molecule has 1 aromatic carbocycles. The number of halogens is 1. The van der Waals surface area contributed by atoms with E-state index in [0.29, 0.717) is 0 Å². The van der Waals surface area contributed by atoms with E-state index in [-0.39, 0.29) is 22.0 Å². The Hall–Kier alpha value is -2.47. The second-order valence-corrected chi connectivity index (χ2v) is 3.94. The summed E-state index contributed by atoms with van der Waals surface area (Å²) in [6.45, 7) is 0. The third kappa shape index (κ3) is 2.69. The number of phenols is 1. The van der Waals surface area contributed by atoms with Gasteiger partial charge in [0.1, 0.15) is 11.3 Å². The molecule has 0 aliphatic carbocycles. The first-order valence-corrected chi connectivity index (χ1v) is 5.47. The number of hydrogen-bond acceptors (Lipinski definition) is 4. The molecular weight excluding hydrogens is 274 g/mol. The fourth-order valence-electron chi connectivity index (χ4n) is 1.44.